The fourth-order valence-electron chi connectivity index (χ4n) is 2.61. The number of hydrogen-bond acceptors (Lipinski definition) is 3. The van der Waals surface area contributed by atoms with Crippen LogP contribution in [0, 0.1) is 0 Å². The smallest absolute Gasteiger partial charge is 0.282 e. The summed E-state index contributed by atoms with van der Waals surface area (Å²) in [6.07, 6.45) is 4.04. The number of halogens is 1. The number of nitrogens with zero attached hydrogens (tertiary/aromatic N) is 2. The van der Waals surface area contributed by atoms with E-state index in [0.717, 1.165) is 38.8 Å². The molecule has 2 fully saturated rings. The van der Waals surface area contributed by atoms with E-state index in [-0.39, 0.29) is 18.4 Å². The van der Waals surface area contributed by atoms with E-state index in [9.17, 15) is 8.42 Å². The summed E-state index contributed by atoms with van der Waals surface area (Å²) in [6, 6.07) is 0.157. The molecule has 0 aliphatic carbocycles. The van der Waals surface area contributed by atoms with E-state index in [1.54, 1.807) is 8.61 Å². The van der Waals surface area contributed by atoms with Crippen molar-refractivity contribution in [2.75, 3.05) is 32.7 Å². The van der Waals surface area contributed by atoms with Crippen molar-refractivity contribution in [2.24, 2.45) is 0 Å². The molecule has 0 saturated carbocycles. The van der Waals surface area contributed by atoms with Crippen molar-refractivity contribution in [1.82, 2.24) is 13.9 Å². The van der Waals surface area contributed by atoms with Gasteiger partial charge in [0.25, 0.3) is 10.2 Å². The van der Waals surface area contributed by atoms with Crippen LogP contribution in [0.25, 0.3) is 0 Å². The van der Waals surface area contributed by atoms with E-state index in [4.69, 9.17) is 0 Å². The summed E-state index contributed by atoms with van der Waals surface area (Å²) < 4.78 is 28.4. The molecule has 0 aromatic heterocycles. The summed E-state index contributed by atoms with van der Waals surface area (Å²) >= 11 is 0. The molecule has 1 unspecified atom stereocenters. The minimum absolute atomic E-state index is 0. The molecule has 1 atom stereocenters. The van der Waals surface area contributed by atoms with E-state index in [1.807, 2.05) is 6.92 Å². The molecular formula is C11H24ClN3O2S. The van der Waals surface area contributed by atoms with Gasteiger partial charge in [0.15, 0.2) is 0 Å². The molecule has 0 aromatic rings. The first-order valence-corrected chi connectivity index (χ1v) is 8.00. The third kappa shape index (κ3) is 3.57. The zero-order chi connectivity index (χ0) is 12.3. The summed E-state index contributed by atoms with van der Waals surface area (Å²) in [6.45, 7) is 5.65. The highest BCUT2D eigenvalue weighted by atomic mass is 35.5. The van der Waals surface area contributed by atoms with Gasteiger partial charge >= 0.3 is 0 Å². The highest BCUT2D eigenvalue weighted by Gasteiger charge is 2.34. The first-order valence-electron chi connectivity index (χ1n) is 6.60. The van der Waals surface area contributed by atoms with E-state index in [2.05, 4.69) is 5.32 Å². The van der Waals surface area contributed by atoms with Gasteiger partial charge in [-0.15, -0.1) is 12.4 Å². The molecule has 2 saturated heterocycles. The molecule has 108 valence electrons. The van der Waals surface area contributed by atoms with Crippen molar-refractivity contribution >= 4 is 22.6 Å². The average molecular weight is 298 g/mol. The lowest BCUT2D eigenvalue weighted by molar-refractivity contribution is 0.246. The van der Waals surface area contributed by atoms with Gasteiger partial charge in [0.05, 0.1) is 0 Å². The van der Waals surface area contributed by atoms with Gasteiger partial charge < -0.3 is 5.32 Å². The fourth-order valence-corrected chi connectivity index (χ4v) is 4.51. The molecule has 0 bridgehead atoms. The third-order valence-corrected chi connectivity index (χ3v) is 5.82. The molecule has 0 spiro atoms. The normalized spacial score (nSPS) is 28.4. The Balaban J connectivity index is 0.00000162. The Hall–Kier alpha value is 0.120. The van der Waals surface area contributed by atoms with Crippen molar-refractivity contribution in [2.45, 2.75) is 38.6 Å². The second-order valence-electron chi connectivity index (χ2n) is 4.97. The fraction of sp³-hybridized carbons (Fsp3) is 1.00. The van der Waals surface area contributed by atoms with Gasteiger partial charge in [0.2, 0.25) is 0 Å². The molecule has 18 heavy (non-hydrogen) atoms. The molecule has 7 heteroatoms. The minimum atomic E-state index is -3.23. The molecule has 5 nitrogen and oxygen atoms in total. The summed E-state index contributed by atoms with van der Waals surface area (Å²) in [5.41, 5.74) is 0. The topological polar surface area (TPSA) is 52.7 Å². The Morgan fingerprint density at radius 3 is 2.56 bits per heavy atom. The Bertz CT molecular complexity index is 342. The van der Waals surface area contributed by atoms with Crippen molar-refractivity contribution in [3.05, 3.63) is 0 Å². The third-order valence-electron chi connectivity index (χ3n) is 3.66. The van der Waals surface area contributed by atoms with Crippen molar-refractivity contribution in [3.8, 4) is 0 Å². The van der Waals surface area contributed by atoms with Gasteiger partial charge in [-0.3, -0.25) is 0 Å². The number of rotatable bonds is 2. The molecule has 2 aliphatic rings. The van der Waals surface area contributed by atoms with Crippen LogP contribution in [-0.4, -0.2) is 55.8 Å². The molecule has 2 aliphatic heterocycles. The lowest BCUT2D eigenvalue weighted by Crippen LogP contribution is -2.50. The van der Waals surface area contributed by atoms with Crippen LogP contribution in [0.2, 0.25) is 0 Å². The summed E-state index contributed by atoms with van der Waals surface area (Å²) in [4.78, 5) is 0. The maximum Gasteiger partial charge on any atom is 0.282 e. The van der Waals surface area contributed by atoms with Crippen LogP contribution in [0.1, 0.15) is 32.6 Å². The van der Waals surface area contributed by atoms with Crippen molar-refractivity contribution in [3.63, 3.8) is 0 Å². The number of hydrogen-bond donors (Lipinski definition) is 1. The Kier molecular flexibility index (Phi) is 6.34. The number of nitrogens with one attached hydrogen (secondary N) is 1. The molecule has 0 aromatic carbocycles. The van der Waals surface area contributed by atoms with Crippen LogP contribution in [0.3, 0.4) is 0 Å². The molecule has 0 radical (unpaired) electrons. The predicted molar refractivity (Wildman–Crippen MR) is 75.2 cm³/mol. The average Bonchev–Trinajstić information content (AvgIpc) is 2.58. The van der Waals surface area contributed by atoms with Gasteiger partial charge in [-0.2, -0.15) is 17.0 Å². The maximum atomic E-state index is 12.5. The highest BCUT2D eigenvalue weighted by Crippen LogP contribution is 2.22. The Morgan fingerprint density at radius 1 is 1.06 bits per heavy atom. The standard InChI is InChI=1S/C11H23N3O2S.ClH/c1-11-5-2-3-9-14(11)17(15,16)13-8-4-6-12-7-10-13;/h11-12H,2-10H2,1H3;1H. The molecular weight excluding hydrogens is 274 g/mol. The quantitative estimate of drug-likeness (QED) is 0.821. The van der Waals surface area contributed by atoms with E-state index in [0.29, 0.717) is 19.6 Å². The monoisotopic (exact) mass is 297 g/mol. The van der Waals surface area contributed by atoms with Gasteiger partial charge in [0, 0.05) is 32.2 Å². The summed E-state index contributed by atoms with van der Waals surface area (Å²) in [7, 11) is -3.23. The molecule has 2 heterocycles. The zero-order valence-electron chi connectivity index (χ0n) is 11.0. The van der Waals surface area contributed by atoms with E-state index < -0.39 is 10.2 Å². The van der Waals surface area contributed by atoms with Crippen LogP contribution < -0.4 is 5.32 Å². The number of piperidine rings is 1. The van der Waals surface area contributed by atoms with Gasteiger partial charge in [-0.25, -0.2) is 0 Å². The van der Waals surface area contributed by atoms with Crippen LogP contribution in [-0.2, 0) is 10.2 Å². The first-order chi connectivity index (χ1) is 8.12. The SMILES string of the molecule is CC1CCCCN1S(=O)(=O)N1CCCNCC1.Cl. The van der Waals surface area contributed by atoms with Gasteiger partial charge in [-0.05, 0) is 32.7 Å². The Labute approximate surface area is 116 Å². The lowest BCUT2D eigenvalue weighted by Gasteiger charge is -2.36. The van der Waals surface area contributed by atoms with Gasteiger partial charge in [0.1, 0.15) is 0 Å². The van der Waals surface area contributed by atoms with Crippen LogP contribution >= 0.6 is 12.4 Å². The van der Waals surface area contributed by atoms with E-state index >= 15 is 0 Å². The molecule has 1 N–H and O–H groups in total. The summed E-state index contributed by atoms with van der Waals surface area (Å²) in [5.74, 6) is 0. The predicted octanol–water partition coefficient (Wildman–Crippen LogP) is 0.823. The second kappa shape index (κ2) is 7.05. The molecule has 2 rings (SSSR count). The van der Waals surface area contributed by atoms with Gasteiger partial charge in [-0.1, -0.05) is 6.42 Å². The molecule has 0 amide bonds. The van der Waals surface area contributed by atoms with Crippen LogP contribution in [0.15, 0.2) is 0 Å². The second-order valence-corrected chi connectivity index (χ2v) is 6.85. The van der Waals surface area contributed by atoms with Crippen LogP contribution in [0.5, 0.6) is 0 Å². The largest absolute Gasteiger partial charge is 0.315 e. The minimum Gasteiger partial charge on any atom is -0.315 e. The van der Waals surface area contributed by atoms with Crippen molar-refractivity contribution in [1.29, 1.82) is 0 Å². The van der Waals surface area contributed by atoms with Crippen LogP contribution in [0.4, 0.5) is 0 Å². The highest BCUT2D eigenvalue weighted by molar-refractivity contribution is 7.86. The first kappa shape index (κ1) is 16.2. The Morgan fingerprint density at radius 2 is 1.83 bits per heavy atom. The van der Waals surface area contributed by atoms with E-state index in [1.165, 1.54) is 0 Å². The van der Waals surface area contributed by atoms with Crippen molar-refractivity contribution < 1.29 is 8.42 Å². The summed E-state index contributed by atoms with van der Waals surface area (Å²) in [5, 5.41) is 3.24. The lowest BCUT2D eigenvalue weighted by atomic mass is 10.1. The zero-order valence-corrected chi connectivity index (χ0v) is 12.6. The maximum absolute atomic E-state index is 12.5.